The molecule has 0 aliphatic heterocycles. The van der Waals surface area contributed by atoms with Crippen LogP contribution in [0.5, 0.6) is 0 Å². The quantitative estimate of drug-likeness (QED) is 0.721. The fourth-order valence-electron chi connectivity index (χ4n) is 1.76. The first kappa shape index (κ1) is 11.9. The van der Waals surface area contributed by atoms with Crippen molar-refractivity contribution in [3.8, 4) is 0 Å². The van der Waals surface area contributed by atoms with E-state index in [0.717, 1.165) is 18.4 Å². The van der Waals surface area contributed by atoms with Crippen LogP contribution in [0.1, 0.15) is 44.6 Å². The third-order valence-electron chi connectivity index (χ3n) is 2.57. The summed E-state index contributed by atoms with van der Waals surface area (Å²) in [4.78, 5) is 11.8. The van der Waals surface area contributed by atoms with Crippen LogP contribution in [0.25, 0.3) is 0 Å². The molecule has 1 atom stereocenters. The second-order valence-corrected chi connectivity index (χ2v) is 3.73. The van der Waals surface area contributed by atoms with Crippen LogP contribution < -0.4 is 0 Å². The standard InChI is InChI=1S/C13H17FO/c1-3-5-13(15)12(4-2)10-6-8-11(14)9-7-10/h6-9,12H,3-5H2,1-2H3. The zero-order valence-electron chi connectivity index (χ0n) is 9.29. The summed E-state index contributed by atoms with van der Waals surface area (Å²) in [6.07, 6.45) is 2.26. The van der Waals surface area contributed by atoms with Gasteiger partial charge in [-0.25, -0.2) is 4.39 Å². The third kappa shape index (κ3) is 3.15. The van der Waals surface area contributed by atoms with Crippen LogP contribution in [-0.2, 0) is 4.79 Å². The second-order valence-electron chi connectivity index (χ2n) is 3.73. The van der Waals surface area contributed by atoms with Crippen molar-refractivity contribution < 1.29 is 9.18 Å². The minimum Gasteiger partial charge on any atom is -0.299 e. The number of hydrogen-bond acceptors (Lipinski definition) is 1. The van der Waals surface area contributed by atoms with Crippen LogP contribution in [0.15, 0.2) is 24.3 Å². The van der Waals surface area contributed by atoms with Crippen molar-refractivity contribution in [1.82, 2.24) is 0 Å². The van der Waals surface area contributed by atoms with Crippen molar-refractivity contribution in [2.75, 3.05) is 0 Å². The summed E-state index contributed by atoms with van der Waals surface area (Å²) in [5.41, 5.74) is 0.928. The molecule has 15 heavy (non-hydrogen) atoms. The minimum absolute atomic E-state index is 0.0643. The summed E-state index contributed by atoms with van der Waals surface area (Å²) in [6.45, 7) is 3.98. The van der Waals surface area contributed by atoms with Crippen LogP contribution in [0.3, 0.4) is 0 Å². The molecule has 1 nitrogen and oxygen atoms in total. The summed E-state index contributed by atoms with van der Waals surface area (Å²) < 4.78 is 12.7. The molecule has 0 heterocycles. The van der Waals surface area contributed by atoms with Gasteiger partial charge in [0, 0.05) is 12.3 Å². The van der Waals surface area contributed by atoms with Gasteiger partial charge >= 0.3 is 0 Å². The van der Waals surface area contributed by atoms with E-state index in [0.29, 0.717) is 6.42 Å². The number of ketones is 1. The molecule has 0 aromatic heterocycles. The molecule has 82 valence electrons. The second kappa shape index (κ2) is 5.64. The number of halogens is 1. The van der Waals surface area contributed by atoms with E-state index in [1.807, 2.05) is 13.8 Å². The monoisotopic (exact) mass is 208 g/mol. The highest BCUT2D eigenvalue weighted by Crippen LogP contribution is 2.22. The molecule has 1 aromatic carbocycles. The van der Waals surface area contributed by atoms with Crippen LogP contribution >= 0.6 is 0 Å². The van der Waals surface area contributed by atoms with Gasteiger partial charge in [0.1, 0.15) is 11.6 Å². The Labute approximate surface area is 90.3 Å². The first-order valence-corrected chi connectivity index (χ1v) is 5.47. The summed E-state index contributed by atoms with van der Waals surface area (Å²) in [5, 5.41) is 0. The average molecular weight is 208 g/mol. The highest BCUT2D eigenvalue weighted by atomic mass is 19.1. The van der Waals surface area contributed by atoms with Crippen LogP contribution in [0, 0.1) is 5.82 Å². The molecular formula is C13H17FO. The Kier molecular flexibility index (Phi) is 4.47. The largest absolute Gasteiger partial charge is 0.299 e. The highest BCUT2D eigenvalue weighted by Gasteiger charge is 2.17. The molecule has 0 radical (unpaired) electrons. The SMILES string of the molecule is CCCC(=O)C(CC)c1ccc(F)cc1. The fourth-order valence-corrected chi connectivity index (χ4v) is 1.76. The molecule has 0 amide bonds. The Balaban J connectivity index is 2.82. The van der Waals surface area contributed by atoms with Crippen molar-refractivity contribution in [2.45, 2.75) is 39.0 Å². The van der Waals surface area contributed by atoms with Gasteiger partial charge in [-0.2, -0.15) is 0 Å². The zero-order chi connectivity index (χ0) is 11.3. The van der Waals surface area contributed by atoms with Crippen molar-refractivity contribution in [2.24, 2.45) is 0 Å². The average Bonchev–Trinajstić information content (AvgIpc) is 2.22. The number of hydrogen-bond donors (Lipinski definition) is 0. The lowest BCUT2D eigenvalue weighted by Gasteiger charge is -2.13. The van der Waals surface area contributed by atoms with Crippen molar-refractivity contribution >= 4 is 5.78 Å². The molecule has 0 saturated carbocycles. The highest BCUT2D eigenvalue weighted by molar-refractivity contribution is 5.85. The first-order valence-electron chi connectivity index (χ1n) is 5.47. The van der Waals surface area contributed by atoms with Gasteiger partial charge in [-0.3, -0.25) is 4.79 Å². The van der Waals surface area contributed by atoms with Gasteiger partial charge in [-0.1, -0.05) is 26.0 Å². The molecule has 1 aromatic rings. The minimum atomic E-state index is -0.253. The number of benzene rings is 1. The summed E-state index contributed by atoms with van der Waals surface area (Å²) >= 11 is 0. The van der Waals surface area contributed by atoms with Gasteiger partial charge in [0.05, 0.1) is 0 Å². The lowest BCUT2D eigenvalue weighted by atomic mass is 9.90. The van der Waals surface area contributed by atoms with E-state index in [2.05, 4.69) is 0 Å². The van der Waals surface area contributed by atoms with Gasteiger partial charge in [-0.05, 0) is 30.5 Å². The summed E-state index contributed by atoms with van der Waals surface area (Å²) in [7, 11) is 0. The van der Waals surface area contributed by atoms with E-state index in [-0.39, 0.29) is 17.5 Å². The summed E-state index contributed by atoms with van der Waals surface area (Å²) in [5.74, 6) is -0.0614. The maximum Gasteiger partial charge on any atom is 0.140 e. The van der Waals surface area contributed by atoms with Crippen molar-refractivity contribution in [1.29, 1.82) is 0 Å². The van der Waals surface area contributed by atoms with E-state index < -0.39 is 0 Å². The Morgan fingerprint density at radius 1 is 1.27 bits per heavy atom. The van der Waals surface area contributed by atoms with E-state index in [4.69, 9.17) is 0 Å². The molecule has 1 rings (SSSR count). The first-order chi connectivity index (χ1) is 7.19. The molecule has 1 unspecified atom stereocenters. The van der Waals surface area contributed by atoms with E-state index in [9.17, 15) is 9.18 Å². The summed E-state index contributed by atoms with van der Waals surface area (Å²) in [6, 6.07) is 6.24. The van der Waals surface area contributed by atoms with Gasteiger partial charge in [0.2, 0.25) is 0 Å². The Morgan fingerprint density at radius 3 is 2.33 bits per heavy atom. The smallest absolute Gasteiger partial charge is 0.140 e. The van der Waals surface area contributed by atoms with Crippen molar-refractivity contribution in [3.63, 3.8) is 0 Å². The van der Waals surface area contributed by atoms with Gasteiger partial charge in [-0.15, -0.1) is 0 Å². The third-order valence-corrected chi connectivity index (χ3v) is 2.57. The predicted molar refractivity (Wildman–Crippen MR) is 59.3 cm³/mol. The Hall–Kier alpha value is -1.18. The van der Waals surface area contributed by atoms with Crippen molar-refractivity contribution in [3.05, 3.63) is 35.6 Å². The molecular weight excluding hydrogens is 191 g/mol. The molecule has 0 spiro atoms. The van der Waals surface area contributed by atoms with E-state index in [1.165, 1.54) is 12.1 Å². The predicted octanol–water partition coefficient (Wildman–Crippen LogP) is 3.69. The van der Waals surface area contributed by atoms with E-state index in [1.54, 1.807) is 12.1 Å². The molecule has 0 bridgehead atoms. The lowest BCUT2D eigenvalue weighted by Crippen LogP contribution is -2.11. The normalized spacial score (nSPS) is 12.5. The number of rotatable bonds is 5. The number of carbonyl (C=O) groups excluding carboxylic acids is 1. The van der Waals surface area contributed by atoms with Crippen LogP contribution in [-0.4, -0.2) is 5.78 Å². The molecule has 0 fully saturated rings. The molecule has 0 saturated heterocycles. The maximum atomic E-state index is 12.7. The fraction of sp³-hybridized carbons (Fsp3) is 0.462. The molecule has 0 aliphatic rings. The maximum absolute atomic E-state index is 12.7. The zero-order valence-corrected chi connectivity index (χ0v) is 9.29. The lowest BCUT2D eigenvalue weighted by molar-refractivity contribution is -0.120. The van der Waals surface area contributed by atoms with Gasteiger partial charge < -0.3 is 0 Å². The van der Waals surface area contributed by atoms with Crippen LogP contribution in [0.4, 0.5) is 4.39 Å². The Bertz CT molecular complexity index is 316. The molecule has 0 aliphatic carbocycles. The van der Waals surface area contributed by atoms with Gasteiger partial charge in [0.25, 0.3) is 0 Å². The van der Waals surface area contributed by atoms with E-state index >= 15 is 0 Å². The molecule has 2 heteroatoms. The Morgan fingerprint density at radius 2 is 1.87 bits per heavy atom. The number of carbonyl (C=O) groups is 1. The molecule has 0 N–H and O–H groups in total. The topological polar surface area (TPSA) is 17.1 Å². The van der Waals surface area contributed by atoms with Crippen LogP contribution in [0.2, 0.25) is 0 Å². The van der Waals surface area contributed by atoms with Gasteiger partial charge in [0.15, 0.2) is 0 Å². The number of Topliss-reactive ketones (excluding diaryl/α,β-unsaturated/α-hetero) is 1.